The van der Waals surface area contributed by atoms with Gasteiger partial charge in [-0.2, -0.15) is 5.26 Å². The average molecular weight is 712 g/mol. The van der Waals surface area contributed by atoms with E-state index in [0.29, 0.717) is 11.3 Å². The Kier molecular flexibility index (Phi) is 8.23. The molecule has 0 radical (unpaired) electrons. The number of hydrogen-bond donors (Lipinski definition) is 0. The standard InChI is InChI=1S/C48H33N5O2/c1-50-33-11-15-36(16-12-33)52(38-19-23-40(55-3)24-20-38)44-28-30-46-48-42(44)26-25-41-43(27-29-45(47(41)48)53(46)34-7-5-4-6-8-34)51(35-13-9-32(31-49)10-14-35)37-17-21-39(54-2)22-18-37/h4-30H,2-3H3. The summed E-state index contributed by atoms with van der Waals surface area (Å²) in [5, 5.41) is 14.1. The zero-order chi connectivity index (χ0) is 37.5. The van der Waals surface area contributed by atoms with Gasteiger partial charge in [-0.3, -0.25) is 0 Å². The number of para-hydroxylation sites is 1. The highest BCUT2D eigenvalue weighted by Crippen LogP contribution is 2.49. The summed E-state index contributed by atoms with van der Waals surface area (Å²) >= 11 is 0. The quantitative estimate of drug-likeness (QED) is 0.110. The lowest BCUT2D eigenvalue weighted by Crippen LogP contribution is -2.11. The molecule has 7 heteroatoms. The number of hydrogen-bond acceptors (Lipinski definition) is 5. The van der Waals surface area contributed by atoms with Gasteiger partial charge in [0.25, 0.3) is 0 Å². The van der Waals surface area contributed by atoms with Gasteiger partial charge in [0.2, 0.25) is 0 Å². The van der Waals surface area contributed by atoms with Crippen LogP contribution in [0.2, 0.25) is 0 Å². The summed E-state index contributed by atoms with van der Waals surface area (Å²) in [6.07, 6.45) is 0. The van der Waals surface area contributed by atoms with Crippen molar-refractivity contribution in [1.82, 2.24) is 4.57 Å². The summed E-state index contributed by atoms with van der Waals surface area (Å²) in [5.74, 6) is 1.55. The topological polar surface area (TPSA) is 58.0 Å². The van der Waals surface area contributed by atoms with Crippen molar-refractivity contribution in [3.8, 4) is 23.3 Å². The van der Waals surface area contributed by atoms with Crippen molar-refractivity contribution in [2.24, 2.45) is 0 Å². The highest BCUT2D eigenvalue weighted by Gasteiger charge is 2.25. The Morgan fingerprint density at radius 2 is 0.964 bits per heavy atom. The molecule has 0 saturated heterocycles. The Morgan fingerprint density at radius 3 is 1.38 bits per heavy atom. The van der Waals surface area contributed by atoms with Crippen molar-refractivity contribution < 1.29 is 9.47 Å². The molecular formula is C48H33N5O2. The van der Waals surface area contributed by atoms with Crippen LogP contribution in [-0.2, 0) is 0 Å². The molecule has 0 aliphatic heterocycles. The molecule has 9 aromatic rings. The smallest absolute Gasteiger partial charge is 0.187 e. The van der Waals surface area contributed by atoms with Crippen LogP contribution in [0.1, 0.15) is 5.56 Å². The largest absolute Gasteiger partial charge is 0.497 e. The van der Waals surface area contributed by atoms with Crippen molar-refractivity contribution in [3.05, 3.63) is 181 Å². The van der Waals surface area contributed by atoms with Crippen molar-refractivity contribution in [1.29, 1.82) is 5.26 Å². The van der Waals surface area contributed by atoms with E-state index in [1.165, 1.54) is 0 Å². The van der Waals surface area contributed by atoms with E-state index < -0.39 is 0 Å². The van der Waals surface area contributed by atoms with E-state index in [9.17, 15) is 5.26 Å². The third kappa shape index (κ3) is 5.60. The van der Waals surface area contributed by atoms with Gasteiger partial charge in [0.1, 0.15) is 11.5 Å². The average Bonchev–Trinajstić information content (AvgIpc) is 3.60. The SMILES string of the molecule is [C-]#[N+]c1ccc(N(c2ccc(OC)cc2)c2ccc3c4c2ccc2c(N(c5ccc(C#N)cc5)c5ccc(OC)cc5)ccc(c24)n3-c2ccccc2)cc1. The van der Waals surface area contributed by atoms with Crippen LogP contribution >= 0.6 is 0 Å². The molecule has 0 N–H and O–H groups in total. The Bertz CT molecular complexity index is 2710. The first-order valence-corrected chi connectivity index (χ1v) is 17.8. The lowest BCUT2D eigenvalue weighted by Gasteiger charge is -2.28. The van der Waals surface area contributed by atoms with Crippen molar-refractivity contribution >= 4 is 72.4 Å². The first-order chi connectivity index (χ1) is 27.1. The van der Waals surface area contributed by atoms with Crippen LogP contribution in [0.4, 0.5) is 39.8 Å². The number of rotatable bonds is 9. The second kappa shape index (κ2) is 13.7. The fraction of sp³-hybridized carbons (Fsp3) is 0.0417. The van der Waals surface area contributed by atoms with E-state index in [-0.39, 0.29) is 0 Å². The second-order valence-electron chi connectivity index (χ2n) is 13.1. The van der Waals surface area contributed by atoms with E-state index in [0.717, 1.165) is 83.9 Å². The van der Waals surface area contributed by atoms with Gasteiger partial charge in [0, 0.05) is 50.0 Å². The molecule has 55 heavy (non-hydrogen) atoms. The van der Waals surface area contributed by atoms with Gasteiger partial charge in [-0.25, -0.2) is 4.85 Å². The molecule has 7 nitrogen and oxygen atoms in total. The molecule has 0 fully saturated rings. The number of nitriles is 1. The maximum Gasteiger partial charge on any atom is 0.187 e. The summed E-state index contributed by atoms with van der Waals surface area (Å²) in [5.41, 5.74) is 10.2. The molecule has 0 unspecified atom stereocenters. The van der Waals surface area contributed by atoms with Crippen LogP contribution in [0.15, 0.2) is 164 Å². The summed E-state index contributed by atoms with van der Waals surface area (Å²) in [7, 11) is 3.34. The maximum atomic E-state index is 9.61. The van der Waals surface area contributed by atoms with E-state index in [2.05, 4.69) is 110 Å². The molecule has 0 aliphatic rings. The molecule has 0 spiro atoms. The second-order valence-corrected chi connectivity index (χ2v) is 13.1. The maximum absolute atomic E-state index is 9.61. The first-order valence-electron chi connectivity index (χ1n) is 17.8. The van der Waals surface area contributed by atoms with Crippen molar-refractivity contribution in [2.75, 3.05) is 24.0 Å². The Hall–Kier alpha value is -7.74. The van der Waals surface area contributed by atoms with Gasteiger partial charge in [-0.15, -0.1) is 0 Å². The van der Waals surface area contributed by atoms with E-state index in [4.69, 9.17) is 16.0 Å². The number of methoxy groups -OCH3 is 2. The monoisotopic (exact) mass is 711 g/mol. The normalized spacial score (nSPS) is 11.1. The predicted octanol–water partition coefficient (Wildman–Crippen LogP) is 12.8. The lowest BCUT2D eigenvalue weighted by atomic mass is 9.98. The lowest BCUT2D eigenvalue weighted by molar-refractivity contribution is 0.414. The fourth-order valence-electron chi connectivity index (χ4n) is 7.65. The van der Waals surface area contributed by atoms with Crippen LogP contribution in [0.3, 0.4) is 0 Å². The van der Waals surface area contributed by atoms with Crippen LogP contribution in [0.25, 0.3) is 43.1 Å². The number of aromatic nitrogens is 1. The van der Waals surface area contributed by atoms with E-state index in [1.54, 1.807) is 14.2 Å². The molecule has 0 atom stereocenters. The van der Waals surface area contributed by atoms with Crippen LogP contribution in [0, 0.1) is 17.9 Å². The van der Waals surface area contributed by atoms with Gasteiger partial charge in [0.05, 0.1) is 54.8 Å². The Morgan fingerprint density at radius 1 is 0.527 bits per heavy atom. The number of nitrogens with zero attached hydrogens (tertiary/aromatic N) is 5. The minimum atomic E-state index is 0.585. The minimum absolute atomic E-state index is 0.585. The predicted molar refractivity (Wildman–Crippen MR) is 223 cm³/mol. The molecular weight excluding hydrogens is 679 g/mol. The molecule has 0 amide bonds. The van der Waals surface area contributed by atoms with E-state index >= 15 is 0 Å². The molecule has 8 aromatic carbocycles. The highest BCUT2D eigenvalue weighted by atomic mass is 16.5. The summed E-state index contributed by atoms with van der Waals surface area (Å²) in [6.45, 7) is 7.56. The molecule has 262 valence electrons. The van der Waals surface area contributed by atoms with Gasteiger partial charge >= 0.3 is 0 Å². The van der Waals surface area contributed by atoms with Gasteiger partial charge in [0.15, 0.2) is 5.69 Å². The summed E-state index contributed by atoms with van der Waals surface area (Å²) < 4.78 is 13.4. The van der Waals surface area contributed by atoms with Gasteiger partial charge in [-0.05, 0) is 121 Å². The first kappa shape index (κ1) is 33.1. The third-order valence-electron chi connectivity index (χ3n) is 10.2. The van der Waals surface area contributed by atoms with Crippen molar-refractivity contribution in [3.63, 3.8) is 0 Å². The van der Waals surface area contributed by atoms with E-state index in [1.807, 2.05) is 78.9 Å². The zero-order valence-corrected chi connectivity index (χ0v) is 30.1. The minimum Gasteiger partial charge on any atom is -0.497 e. The van der Waals surface area contributed by atoms with Crippen LogP contribution < -0.4 is 19.3 Å². The van der Waals surface area contributed by atoms with Gasteiger partial charge in [-0.1, -0.05) is 42.5 Å². The van der Waals surface area contributed by atoms with Gasteiger partial charge < -0.3 is 23.8 Å². The number of benzene rings is 8. The molecule has 9 rings (SSSR count). The molecule has 1 aromatic heterocycles. The third-order valence-corrected chi connectivity index (χ3v) is 10.2. The zero-order valence-electron chi connectivity index (χ0n) is 30.1. The molecule has 0 saturated carbocycles. The van der Waals surface area contributed by atoms with Crippen LogP contribution in [0.5, 0.6) is 11.5 Å². The Labute approximate surface area is 318 Å². The molecule has 0 bridgehead atoms. The summed E-state index contributed by atoms with van der Waals surface area (Å²) in [4.78, 5) is 8.13. The molecule has 1 heterocycles. The number of anilines is 6. The molecule has 0 aliphatic carbocycles. The van der Waals surface area contributed by atoms with Crippen LogP contribution in [-0.4, -0.2) is 18.8 Å². The highest BCUT2D eigenvalue weighted by molar-refractivity contribution is 6.29. The Balaban J connectivity index is 1.34. The fourth-order valence-corrected chi connectivity index (χ4v) is 7.65. The van der Waals surface area contributed by atoms with Crippen molar-refractivity contribution in [2.45, 2.75) is 0 Å². The summed E-state index contributed by atoms with van der Waals surface area (Å²) in [6, 6.07) is 57.6. The number of ether oxygens (including phenoxy) is 2.